The molecule has 1 aliphatic heterocycles. The second kappa shape index (κ2) is 6.66. The zero-order valence-electron chi connectivity index (χ0n) is 14.7. The number of aromatic amines is 1. The standard InChI is InChI=1S/C20H19N5OS/c26-19(17-13-25-10-11-27-20(25)22-17)24-8-6-15(7-9-24)18-16(12-21-23-18)14-4-2-1-3-5-14/h1-5,10-13,15H,6-9H2,(H,21,23). The first-order chi connectivity index (χ1) is 13.3. The van der Waals surface area contributed by atoms with Gasteiger partial charge in [-0.15, -0.1) is 11.3 Å². The van der Waals surface area contributed by atoms with E-state index in [-0.39, 0.29) is 5.91 Å². The number of amides is 1. The average molecular weight is 377 g/mol. The van der Waals surface area contributed by atoms with E-state index in [0.29, 0.717) is 11.6 Å². The van der Waals surface area contributed by atoms with Crippen molar-refractivity contribution in [1.82, 2.24) is 24.5 Å². The quantitative estimate of drug-likeness (QED) is 0.590. The van der Waals surface area contributed by atoms with Crippen LogP contribution < -0.4 is 0 Å². The van der Waals surface area contributed by atoms with Crippen LogP contribution in [0.25, 0.3) is 16.1 Å². The number of nitrogens with zero attached hydrogens (tertiary/aromatic N) is 4. The molecule has 0 spiro atoms. The molecule has 27 heavy (non-hydrogen) atoms. The van der Waals surface area contributed by atoms with Crippen LogP contribution in [0.5, 0.6) is 0 Å². The molecule has 0 saturated carbocycles. The number of H-pyrrole nitrogens is 1. The lowest BCUT2D eigenvalue weighted by atomic mass is 9.89. The Morgan fingerprint density at radius 3 is 2.78 bits per heavy atom. The lowest BCUT2D eigenvalue weighted by Crippen LogP contribution is -2.38. The maximum atomic E-state index is 12.8. The van der Waals surface area contributed by atoms with E-state index in [1.807, 2.05) is 51.5 Å². The zero-order chi connectivity index (χ0) is 18.2. The van der Waals surface area contributed by atoms with E-state index in [1.165, 1.54) is 11.3 Å². The maximum absolute atomic E-state index is 12.8. The molecule has 1 N–H and O–H groups in total. The van der Waals surface area contributed by atoms with Crippen LogP contribution in [0, 0.1) is 0 Å². The van der Waals surface area contributed by atoms with E-state index < -0.39 is 0 Å². The Bertz CT molecular complexity index is 1040. The van der Waals surface area contributed by atoms with Gasteiger partial charge in [0, 0.05) is 48.0 Å². The van der Waals surface area contributed by atoms with Crippen LogP contribution in [-0.4, -0.2) is 43.5 Å². The van der Waals surface area contributed by atoms with Gasteiger partial charge in [0.25, 0.3) is 5.91 Å². The number of thiazole rings is 1. The molecule has 0 unspecified atom stereocenters. The van der Waals surface area contributed by atoms with Crippen LogP contribution in [0.1, 0.15) is 34.9 Å². The van der Waals surface area contributed by atoms with Gasteiger partial charge in [-0.1, -0.05) is 30.3 Å². The van der Waals surface area contributed by atoms with Crippen molar-refractivity contribution in [1.29, 1.82) is 0 Å². The highest BCUT2D eigenvalue weighted by Gasteiger charge is 2.28. The fraction of sp³-hybridized carbons (Fsp3) is 0.250. The van der Waals surface area contributed by atoms with Crippen LogP contribution in [0.4, 0.5) is 0 Å². The second-order valence-electron chi connectivity index (χ2n) is 6.85. The number of piperidine rings is 1. The second-order valence-corrected chi connectivity index (χ2v) is 7.72. The van der Waals surface area contributed by atoms with Gasteiger partial charge in [-0.2, -0.15) is 5.10 Å². The number of carbonyl (C=O) groups excluding carboxylic acids is 1. The fourth-order valence-electron chi connectivity index (χ4n) is 3.82. The molecule has 1 amide bonds. The van der Waals surface area contributed by atoms with Gasteiger partial charge < -0.3 is 4.90 Å². The molecule has 5 rings (SSSR count). The molecule has 0 bridgehead atoms. The molecule has 0 atom stereocenters. The van der Waals surface area contributed by atoms with Crippen LogP contribution >= 0.6 is 11.3 Å². The van der Waals surface area contributed by atoms with Crippen molar-refractivity contribution in [3.05, 3.63) is 65.7 Å². The summed E-state index contributed by atoms with van der Waals surface area (Å²) in [7, 11) is 0. The minimum atomic E-state index is 0.0252. The van der Waals surface area contributed by atoms with Crippen LogP contribution in [0.3, 0.4) is 0 Å². The SMILES string of the molecule is O=C(c1cn2ccsc2n1)N1CCC(c2[nH]ncc2-c2ccccc2)CC1. The maximum Gasteiger partial charge on any atom is 0.274 e. The van der Waals surface area contributed by atoms with Crippen LogP contribution in [-0.2, 0) is 0 Å². The number of imidazole rings is 1. The van der Waals surface area contributed by atoms with Crippen molar-refractivity contribution >= 4 is 22.2 Å². The molecule has 4 aromatic rings. The summed E-state index contributed by atoms with van der Waals surface area (Å²) in [6.45, 7) is 1.48. The summed E-state index contributed by atoms with van der Waals surface area (Å²) in [5.41, 5.74) is 4.05. The van der Waals surface area contributed by atoms with E-state index in [2.05, 4.69) is 27.3 Å². The van der Waals surface area contributed by atoms with Gasteiger partial charge in [0.05, 0.1) is 6.20 Å². The molecule has 4 heterocycles. The third kappa shape index (κ3) is 2.94. The highest BCUT2D eigenvalue weighted by Crippen LogP contribution is 2.34. The largest absolute Gasteiger partial charge is 0.337 e. The molecule has 1 saturated heterocycles. The number of carbonyl (C=O) groups is 1. The third-order valence-electron chi connectivity index (χ3n) is 5.26. The van der Waals surface area contributed by atoms with Gasteiger partial charge in [-0.25, -0.2) is 4.98 Å². The fourth-order valence-corrected chi connectivity index (χ4v) is 4.52. The van der Waals surface area contributed by atoms with Gasteiger partial charge in [0.1, 0.15) is 5.69 Å². The first-order valence-corrected chi connectivity index (χ1v) is 9.98. The van der Waals surface area contributed by atoms with Crippen LogP contribution in [0.2, 0.25) is 0 Å². The highest BCUT2D eigenvalue weighted by molar-refractivity contribution is 7.15. The summed E-state index contributed by atoms with van der Waals surface area (Å²) in [5.74, 6) is 0.412. The Balaban J connectivity index is 1.30. The number of rotatable bonds is 3. The molecule has 6 nitrogen and oxygen atoms in total. The van der Waals surface area contributed by atoms with Crippen LogP contribution in [0.15, 0.2) is 54.3 Å². The Hall–Kier alpha value is -2.93. The van der Waals surface area contributed by atoms with E-state index in [9.17, 15) is 4.79 Å². The van der Waals surface area contributed by atoms with Crippen molar-refractivity contribution in [2.45, 2.75) is 18.8 Å². The summed E-state index contributed by atoms with van der Waals surface area (Å²) >= 11 is 1.54. The van der Waals surface area contributed by atoms with E-state index in [1.54, 1.807) is 11.3 Å². The minimum Gasteiger partial charge on any atom is -0.337 e. The summed E-state index contributed by atoms with van der Waals surface area (Å²) in [4.78, 5) is 20.0. The Labute approximate surface area is 160 Å². The topological polar surface area (TPSA) is 66.3 Å². The molecule has 1 fully saturated rings. The normalized spacial score (nSPS) is 15.5. The van der Waals surface area contributed by atoms with Crippen molar-refractivity contribution in [3.8, 4) is 11.1 Å². The molecule has 136 valence electrons. The predicted octanol–water partition coefficient (Wildman–Crippen LogP) is 3.81. The van der Waals surface area contributed by atoms with Crippen molar-refractivity contribution in [2.24, 2.45) is 0 Å². The minimum absolute atomic E-state index is 0.0252. The van der Waals surface area contributed by atoms with Gasteiger partial charge in [-0.3, -0.25) is 14.3 Å². The Kier molecular flexibility index (Phi) is 4.01. The summed E-state index contributed by atoms with van der Waals surface area (Å²) in [6.07, 6.45) is 7.51. The monoisotopic (exact) mass is 377 g/mol. The van der Waals surface area contributed by atoms with Gasteiger partial charge >= 0.3 is 0 Å². The van der Waals surface area contributed by atoms with Crippen molar-refractivity contribution in [2.75, 3.05) is 13.1 Å². The van der Waals surface area contributed by atoms with E-state index >= 15 is 0 Å². The molecule has 3 aromatic heterocycles. The average Bonchev–Trinajstić information content (AvgIpc) is 3.44. The molecule has 1 aliphatic rings. The lowest BCUT2D eigenvalue weighted by Gasteiger charge is -2.31. The number of benzene rings is 1. The Morgan fingerprint density at radius 2 is 2.00 bits per heavy atom. The molecular weight excluding hydrogens is 358 g/mol. The number of nitrogens with one attached hydrogen (secondary N) is 1. The molecule has 0 radical (unpaired) electrons. The summed E-state index contributed by atoms with van der Waals surface area (Å²) < 4.78 is 1.90. The summed E-state index contributed by atoms with van der Waals surface area (Å²) in [5, 5.41) is 9.44. The Morgan fingerprint density at radius 1 is 1.19 bits per heavy atom. The lowest BCUT2D eigenvalue weighted by molar-refractivity contribution is 0.0707. The van der Waals surface area contributed by atoms with E-state index in [0.717, 1.165) is 36.5 Å². The molecule has 7 heteroatoms. The number of hydrogen-bond donors (Lipinski definition) is 1. The molecular formula is C20H19N5OS. The highest BCUT2D eigenvalue weighted by atomic mass is 32.1. The zero-order valence-corrected chi connectivity index (χ0v) is 15.5. The molecule has 1 aromatic carbocycles. The van der Waals surface area contributed by atoms with Crippen molar-refractivity contribution in [3.63, 3.8) is 0 Å². The van der Waals surface area contributed by atoms with Crippen molar-refractivity contribution < 1.29 is 4.79 Å². The first-order valence-electron chi connectivity index (χ1n) is 9.10. The number of aromatic nitrogens is 4. The number of likely N-dealkylation sites (tertiary alicyclic amines) is 1. The summed E-state index contributed by atoms with van der Waals surface area (Å²) in [6, 6.07) is 10.3. The van der Waals surface area contributed by atoms with E-state index in [4.69, 9.17) is 0 Å². The third-order valence-corrected chi connectivity index (χ3v) is 6.03. The van der Waals surface area contributed by atoms with Gasteiger partial charge in [0.2, 0.25) is 0 Å². The smallest absolute Gasteiger partial charge is 0.274 e. The predicted molar refractivity (Wildman–Crippen MR) is 105 cm³/mol. The van der Waals surface area contributed by atoms with Gasteiger partial charge in [0.15, 0.2) is 4.96 Å². The van der Waals surface area contributed by atoms with Gasteiger partial charge in [-0.05, 0) is 18.4 Å². The number of fused-ring (bicyclic) bond motifs is 1. The molecule has 0 aliphatic carbocycles. The number of hydrogen-bond acceptors (Lipinski definition) is 4. The first kappa shape index (κ1) is 16.3.